The molecule has 17 heavy (non-hydrogen) atoms. The predicted octanol–water partition coefficient (Wildman–Crippen LogP) is 1.56. The molecule has 5 nitrogen and oxygen atoms in total. The number of nitrogens with zero attached hydrogens (tertiary/aromatic N) is 2. The fourth-order valence-electron chi connectivity index (χ4n) is 2.24. The molecular weight excluding hydrogens is 220 g/mol. The van der Waals surface area contributed by atoms with E-state index >= 15 is 0 Å². The number of ether oxygens (including phenoxy) is 1. The lowest BCUT2D eigenvalue weighted by molar-refractivity contribution is 0.0692. The first-order valence-electron chi connectivity index (χ1n) is 5.62. The number of hydrogen-bond donors (Lipinski definition) is 1. The molecule has 5 heteroatoms. The monoisotopic (exact) mass is 236 g/mol. The third-order valence-corrected chi connectivity index (χ3v) is 3.17. The minimum absolute atomic E-state index is 0.108. The highest BCUT2D eigenvalue weighted by atomic mass is 16.5. The van der Waals surface area contributed by atoms with Crippen LogP contribution in [0.3, 0.4) is 0 Å². The van der Waals surface area contributed by atoms with E-state index < -0.39 is 5.97 Å². The maximum Gasteiger partial charge on any atom is 0.341 e. The first kappa shape index (κ1) is 11.9. The molecule has 1 fully saturated rings. The summed E-state index contributed by atoms with van der Waals surface area (Å²) in [6.07, 6.45) is 2.20. The van der Waals surface area contributed by atoms with Gasteiger partial charge in [-0.2, -0.15) is 0 Å². The van der Waals surface area contributed by atoms with Crippen LogP contribution < -0.4 is 4.74 Å². The SMILES string of the molecule is COc1nc(C2CCCN2C)ccc1C(=O)O. The molecule has 0 spiro atoms. The summed E-state index contributed by atoms with van der Waals surface area (Å²) in [7, 11) is 3.49. The Labute approximate surface area is 100 Å². The van der Waals surface area contributed by atoms with Crippen LogP contribution in [0.2, 0.25) is 0 Å². The maximum atomic E-state index is 10.9. The Morgan fingerprint density at radius 1 is 1.59 bits per heavy atom. The average molecular weight is 236 g/mol. The second-order valence-corrected chi connectivity index (χ2v) is 4.24. The summed E-state index contributed by atoms with van der Waals surface area (Å²) in [5.74, 6) is -0.823. The Morgan fingerprint density at radius 2 is 2.35 bits per heavy atom. The summed E-state index contributed by atoms with van der Waals surface area (Å²) in [4.78, 5) is 17.5. The molecule has 0 amide bonds. The number of methoxy groups -OCH3 is 1. The van der Waals surface area contributed by atoms with Gasteiger partial charge in [0.2, 0.25) is 5.88 Å². The van der Waals surface area contributed by atoms with Crippen molar-refractivity contribution < 1.29 is 14.6 Å². The summed E-state index contributed by atoms with van der Waals surface area (Å²) >= 11 is 0. The van der Waals surface area contributed by atoms with Gasteiger partial charge in [-0.1, -0.05) is 0 Å². The average Bonchev–Trinajstić information content (AvgIpc) is 2.74. The molecule has 0 aliphatic carbocycles. The van der Waals surface area contributed by atoms with Crippen molar-refractivity contribution >= 4 is 5.97 Å². The molecule has 1 aromatic rings. The van der Waals surface area contributed by atoms with Crippen LogP contribution in [-0.4, -0.2) is 41.7 Å². The maximum absolute atomic E-state index is 10.9. The lowest BCUT2D eigenvalue weighted by Gasteiger charge is -2.19. The fourth-order valence-corrected chi connectivity index (χ4v) is 2.24. The van der Waals surface area contributed by atoms with Crippen molar-refractivity contribution in [3.05, 3.63) is 23.4 Å². The number of carbonyl (C=O) groups is 1. The van der Waals surface area contributed by atoms with E-state index in [0.717, 1.165) is 25.1 Å². The van der Waals surface area contributed by atoms with E-state index in [9.17, 15) is 4.79 Å². The van der Waals surface area contributed by atoms with Crippen molar-refractivity contribution in [3.8, 4) is 5.88 Å². The second-order valence-electron chi connectivity index (χ2n) is 4.24. The Hall–Kier alpha value is -1.62. The number of likely N-dealkylation sites (tertiary alicyclic amines) is 1. The highest BCUT2D eigenvalue weighted by Gasteiger charge is 2.25. The molecule has 92 valence electrons. The molecule has 1 aliphatic heterocycles. The molecule has 0 bridgehead atoms. The zero-order valence-corrected chi connectivity index (χ0v) is 10.0. The van der Waals surface area contributed by atoms with Gasteiger partial charge >= 0.3 is 5.97 Å². The molecule has 1 aliphatic rings. The Balaban J connectivity index is 2.34. The molecule has 1 atom stereocenters. The van der Waals surface area contributed by atoms with E-state index in [-0.39, 0.29) is 17.5 Å². The first-order valence-corrected chi connectivity index (χ1v) is 5.62. The standard InChI is InChI=1S/C12H16N2O3/c1-14-7-3-4-10(14)9-6-5-8(12(15)16)11(13-9)17-2/h5-6,10H,3-4,7H2,1-2H3,(H,15,16). The van der Waals surface area contributed by atoms with Gasteiger partial charge in [0.15, 0.2) is 0 Å². The number of hydrogen-bond acceptors (Lipinski definition) is 4. The van der Waals surface area contributed by atoms with E-state index in [1.54, 1.807) is 12.1 Å². The van der Waals surface area contributed by atoms with E-state index in [1.165, 1.54) is 7.11 Å². The molecule has 2 rings (SSSR count). The molecule has 1 saturated heterocycles. The van der Waals surface area contributed by atoms with Crippen molar-refractivity contribution in [3.63, 3.8) is 0 Å². The number of carboxylic acid groups (broad SMARTS) is 1. The van der Waals surface area contributed by atoms with Crippen LogP contribution in [0.4, 0.5) is 0 Å². The Morgan fingerprint density at radius 3 is 2.88 bits per heavy atom. The topological polar surface area (TPSA) is 62.7 Å². The number of pyridine rings is 1. The first-order chi connectivity index (χ1) is 8.13. The van der Waals surface area contributed by atoms with Gasteiger partial charge in [-0.3, -0.25) is 4.90 Å². The normalized spacial score (nSPS) is 20.5. The summed E-state index contributed by atoms with van der Waals surface area (Å²) in [5.41, 5.74) is 0.990. The van der Waals surface area contributed by atoms with Crippen molar-refractivity contribution in [2.75, 3.05) is 20.7 Å². The molecule has 2 heterocycles. The summed E-state index contributed by atoms with van der Waals surface area (Å²) < 4.78 is 5.03. The zero-order valence-electron chi connectivity index (χ0n) is 10.0. The van der Waals surface area contributed by atoms with Gasteiger partial charge in [0.25, 0.3) is 0 Å². The number of aromatic nitrogens is 1. The van der Waals surface area contributed by atoms with Crippen molar-refractivity contribution in [2.45, 2.75) is 18.9 Å². The molecule has 0 aromatic carbocycles. The van der Waals surface area contributed by atoms with Gasteiger partial charge in [-0.25, -0.2) is 9.78 Å². The van der Waals surface area contributed by atoms with Crippen LogP contribution in [0.1, 0.15) is 34.9 Å². The van der Waals surface area contributed by atoms with Crippen molar-refractivity contribution in [2.24, 2.45) is 0 Å². The van der Waals surface area contributed by atoms with Crippen LogP contribution in [0.15, 0.2) is 12.1 Å². The number of aromatic carboxylic acids is 1. The van der Waals surface area contributed by atoms with E-state index in [0.29, 0.717) is 0 Å². The van der Waals surface area contributed by atoms with Gasteiger partial charge in [0, 0.05) is 0 Å². The molecule has 1 unspecified atom stereocenters. The van der Waals surface area contributed by atoms with Crippen LogP contribution in [0.25, 0.3) is 0 Å². The quantitative estimate of drug-likeness (QED) is 0.862. The van der Waals surface area contributed by atoms with E-state index in [4.69, 9.17) is 9.84 Å². The molecule has 0 saturated carbocycles. The second kappa shape index (κ2) is 4.71. The predicted molar refractivity (Wildman–Crippen MR) is 62.4 cm³/mol. The fraction of sp³-hybridized carbons (Fsp3) is 0.500. The highest BCUT2D eigenvalue weighted by molar-refractivity contribution is 5.90. The van der Waals surface area contributed by atoms with Crippen LogP contribution in [0, 0.1) is 0 Å². The third kappa shape index (κ3) is 2.24. The van der Waals surface area contributed by atoms with E-state index in [2.05, 4.69) is 16.9 Å². The lowest BCUT2D eigenvalue weighted by Crippen LogP contribution is -2.19. The molecular formula is C12H16N2O3. The van der Waals surface area contributed by atoms with Gasteiger partial charge in [-0.05, 0) is 38.6 Å². The molecule has 1 N–H and O–H groups in total. The van der Waals surface area contributed by atoms with Crippen LogP contribution in [-0.2, 0) is 0 Å². The van der Waals surface area contributed by atoms with Gasteiger partial charge in [0.1, 0.15) is 5.56 Å². The van der Waals surface area contributed by atoms with E-state index in [1.807, 2.05) is 0 Å². The number of carboxylic acids is 1. The molecule has 0 radical (unpaired) electrons. The van der Waals surface area contributed by atoms with Crippen molar-refractivity contribution in [1.82, 2.24) is 9.88 Å². The minimum Gasteiger partial charge on any atom is -0.480 e. The largest absolute Gasteiger partial charge is 0.480 e. The molecule has 1 aromatic heterocycles. The Bertz CT molecular complexity index is 434. The highest BCUT2D eigenvalue weighted by Crippen LogP contribution is 2.30. The van der Waals surface area contributed by atoms with Gasteiger partial charge in [0.05, 0.1) is 18.8 Å². The van der Waals surface area contributed by atoms with Gasteiger partial charge in [-0.15, -0.1) is 0 Å². The number of rotatable bonds is 3. The lowest BCUT2D eigenvalue weighted by atomic mass is 10.1. The third-order valence-electron chi connectivity index (χ3n) is 3.17. The summed E-state index contributed by atoms with van der Waals surface area (Å²) in [5, 5.41) is 8.97. The zero-order chi connectivity index (χ0) is 12.4. The minimum atomic E-state index is -1.01. The summed E-state index contributed by atoms with van der Waals surface area (Å²) in [6, 6.07) is 3.61. The smallest absolute Gasteiger partial charge is 0.341 e. The van der Waals surface area contributed by atoms with Crippen LogP contribution in [0.5, 0.6) is 5.88 Å². The van der Waals surface area contributed by atoms with Crippen molar-refractivity contribution in [1.29, 1.82) is 0 Å². The summed E-state index contributed by atoms with van der Waals surface area (Å²) in [6.45, 7) is 1.05. The Kier molecular flexibility index (Phi) is 3.28. The van der Waals surface area contributed by atoms with Gasteiger partial charge < -0.3 is 9.84 Å². The van der Waals surface area contributed by atoms with Crippen LogP contribution >= 0.6 is 0 Å².